The van der Waals surface area contributed by atoms with Crippen LogP contribution in [0.5, 0.6) is 0 Å². The zero-order chi connectivity index (χ0) is 12.5. The highest BCUT2D eigenvalue weighted by atomic mass is 19.4. The van der Waals surface area contributed by atoms with Crippen LogP contribution >= 0.6 is 0 Å². The molecule has 0 aliphatic heterocycles. The molecule has 0 heterocycles. The fraction of sp³-hybridized carbons (Fsp3) is 0.300. The number of halogens is 5. The van der Waals surface area contributed by atoms with Crippen LogP contribution in [0.1, 0.15) is 21.5 Å². The third kappa shape index (κ3) is 2.56. The molecule has 88 valence electrons. The van der Waals surface area contributed by atoms with Crippen LogP contribution < -0.4 is 0 Å². The van der Waals surface area contributed by atoms with E-state index in [2.05, 4.69) is 0 Å². The van der Waals surface area contributed by atoms with E-state index in [4.69, 9.17) is 0 Å². The van der Waals surface area contributed by atoms with Gasteiger partial charge in [-0.05, 0) is 24.6 Å². The molecule has 0 radical (unpaired) electrons. The first-order chi connectivity index (χ1) is 7.23. The van der Waals surface area contributed by atoms with Gasteiger partial charge >= 0.3 is 12.6 Å². The van der Waals surface area contributed by atoms with E-state index >= 15 is 0 Å². The van der Waals surface area contributed by atoms with Crippen molar-refractivity contribution in [2.75, 3.05) is 0 Å². The normalized spacial score (nSPS) is 11.9. The first-order valence-corrected chi connectivity index (χ1v) is 4.23. The minimum Gasteiger partial charge on any atom is -0.288 e. The summed E-state index contributed by atoms with van der Waals surface area (Å²) in [5.41, 5.74) is -1.46. The summed E-state index contributed by atoms with van der Waals surface area (Å²) in [6, 6.07) is 2.06. The van der Waals surface area contributed by atoms with Crippen LogP contribution in [0.15, 0.2) is 18.2 Å². The smallest absolute Gasteiger partial charge is 0.288 e. The minimum absolute atomic E-state index is 0.111. The van der Waals surface area contributed by atoms with E-state index in [0.29, 0.717) is 12.1 Å². The summed E-state index contributed by atoms with van der Waals surface area (Å²) >= 11 is 0. The van der Waals surface area contributed by atoms with Crippen LogP contribution in [0.3, 0.4) is 0 Å². The largest absolute Gasteiger partial charge is 0.416 e. The molecular formula is C10H7F5O. The van der Waals surface area contributed by atoms with Crippen molar-refractivity contribution in [2.45, 2.75) is 19.5 Å². The van der Waals surface area contributed by atoms with Gasteiger partial charge in [0, 0.05) is 5.56 Å². The van der Waals surface area contributed by atoms with Gasteiger partial charge in [-0.3, -0.25) is 4.79 Å². The molecule has 6 heteroatoms. The van der Waals surface area contributed by atoms with Crippen molar-refractivity contribution >= 4 is 5.78 Å². The maximum atomic E-state index is 12.2. The molecule has 0 fully saturated rings. The van der Waals surface area contributed by atoms with Gasteiger partial charge in [-0.25, -0.2) is 8.78 Å². The van der Waals surface area contributed by atoms with Crippen molar-refractivity contribution in [3.8, 4) is 0 Å². The Morgan fingerprint density at radius 3 is 2.19 bits per heavy atom. The summed E-state index contributed by atoms with van der Waals surface area (Å²) < 4.78 is 60.8. The monoisotopic (exact) mass is 238 g/mol. The molecule has 0 aliphatic carbocycles. The Hall–Kier alpha value is -1.46. The van der Waals surface area contributed by atoms with Crippen molar-refractivity contribution in [1.29, 1.82) is 0 Å². The predicted octanol–water partition coefficient (Wildman–Crippen LogP) is 3.46. The fourth-order valence-electron chi connectivity index (χ4n) is 1.23. The summed E-state index contributed by atoms with van der Waals surface area (Å²) in [5, 5.41) is 0. The minimum atomic E-state index is -4.54. The van der Waals surface area contributed by atoms with Gasteiger partial charge in [-0.15, -0.1) is 0 Å². The highest BCUT2D eigenvalue weighted by molar-refractivity contribution is 5.99. The van der Waals surface area contributed by atoms with Crippen LogP contribution in [0, 0.1) is 6.92 Å². The Bertz CT molecular complexity index is 408. The van der Waals surface area contributed by atoms with Gasteiger partial charge in [0.15, 0.2) is 0 Å². The Balaban J connectivity index is 3.15. The van der Waals surface area contributed by atoms with Crippen molar-refractivity contribution in [2.24, 2.45) is 0 Å². The molecule has 0 aliphatic rings. The second kappa shape index (κ2) is 4.19. The number of carbonyl (C=O) groups excluding carboxylic acids is 1. The highest BCUT2D eigenvalue weighted by Crippen LogP contribution is 2.30. The third-order valence-electron chi connectivity index (χ3n) is 2.02. The van der Waals surface area contributed by atoms with E-state index in [1.54, 1.807) is 0 Å². The first kappa shape index (κ1) is 12.6. The van der Waals surface area contributed by atoms with E-state index in [1.807, 2.05) is 0 Å². The second-order valence-corrected chi connectivity index (χ2v) is 3.19. The molecule has 1 rings (SSSR count). The maximum absolute atomic E-state index is 12.2. The van der Waals surface area contributed by atoms with Gasteiger partial charge in [-0.2, -0.15) is 13.2 Å². The average Bonchev–Trinajstić information content (AvgIpc) is 2.15. The van der Waals surface area contributed by atoms with E-state index in [0.717, 1.165) is 6.07 Å². The molecule has 16 heavy (non-hydrogen) atoms. The van der Waals surface area contributed by atoms with E-state index in [1.165, 1.54) is 6.92 Å². The van der Waals surface area contributed by atoms with Crippen LogP contribution in [-0.2, 0) is 6.18 Å². The van der Waals surface area contributed by atoms with Crippen molar-refractivity contribution in [3.63, 3.8) is 0 Å². The summed E-state index contributed by atoms with van der Waals surface area (Å²) in [6.45, 7) is 1.19. The summed E-state index contributed by atoms with van der Waals surface area (Å²) in [4.78, 5) is 10.9. The Morgan fingerprint density at radius 1 is 1.25 bits per heavy atom. The SMILES string of the molecule is Cc1cc(C(F)(F)F)ccc1C(=O)C(F)F. The topological polar surface area (TPSA) is 17.1 Å². The molecule has 0 unspecified atom stereocenters. The van der Waals surface area contributed by atoms with Gasteiger partial charge in [0.2, 0.25) is 5.78 Å². The molecule has 0 spiro atoms. The number of ketones is 1. The van der Waals surface area contributed by atoms with Crippen LogP contribution in [-0.4, -0.2) is 12.2 Å². The molecule has 0 amide bonds. The zero-order valence-corrected chi connectivity index (χ0v) is 8.11. The number of hydrogen-bond donors (Lipinski definition) is 0. The molecule has 1 nitrogen and oxygen atoms in total. The number of hydrogen-bond acceptors (Lipinski definition) is 1. The summed E-state index contributed by atoms with van der Waals surface area (Å²) in [7, 11) is 0. The first-order valence-electron chi connectivity index (χ1n) is 4.23. The average molecular weight is 238 g/mol. The molecule has 0 N–H and O–H groups in total. The zero-order valence-electron chi connectivity index (χ0n) is 8.11. The van der Waals surface area contributed by atoms with Crippen LogP contribution in [0.4, 0.5) is 22.0 Å². The lowest BCUT2D eigenvalue weighted by Crippen LogP contribution is -2.13. The molecule has 0 saturated carbocycles. The molecule has 0 saturated heterocycles. The maximum Gasteiger partial charge on any atom is 0.416 e. The standard InChI is InChI=1S/C10H7F5O/c1-5-4-6(10(13,14)15)2-3-7(5)8(16)9(11)12/h2-4,9H,1H3. The summed E-state index contributed by atoms with van der Waals surface area (Å²) in [6.07, 6.45) is -7.76. The van der Waals surface area contributed by atoms with E-state index in [9.17, 15) is 26.7 Å². The number of Topliss-reactive ketones (excluding diaryl/α,β-unsaturated/α-hetero) is 1. The summed E-state index contributed by atoms with van der Waals surface area (Å²) in [5.74, 6) is -1.47. The Morgan fingerprint density at radius 2 is 1.81 bits per heavy atom. The van der Waals surface area contributed by atoms with Crippen molar-refractivity contribution in [1.82, 2.24) is 0 Å². The molecule has 0 aromatic heterocycles. The number of alkyl halides is 5. The van der Waals surface area contributed by atoms with Crippen molar-refractivity contribution in [3.05, 3.63) is 34.9 Å². The van der Waals surface area contributed by atoms with E-state index in [-0.39, 0.29) is 11.1 Å². The molecule has 0 bridgehead atoms. The number of aryl methyl sites for hydroxylation is 1. The Labute approximate surface area is 87.9 Å². The highest BCUT2D eigenvalue weighted by Gasteiger charge is 2.31. The quantitative estimate of drug-likeness (QED) is 0.569. The van der Waals surface area contributed by atoms with Crippen LogP contribution in [0.2, 0.25) is 0 Å². The second-order valence-electron chi connectivity index (χ2n) is 3.19. The molecular weight excluding hydrogens is 231 g/mol. The van der Waals surface area contributed by atoms with Gasteiger partial charge in [-0.1, -0.05) is 6.07 Å². The van der Waals surface area contributed by atoms with Gasteiger partial charge < -0.3 is 0 Å². The lowest BCUT2D eigenvalue weighted by Gasteiger charge is -2.10. The Kier molecular flexibility index (Phi) is 3.30. The molecule has 1 aromatic rings. The molecule has 0 atom stereocenters. The van der Waals surface area contributed by atoms with Gasteiger partial charge in [0.1, 0.15) is 0 Å². The molecule has 1 aromatic carbocycles. The lowest BCUT2D eigenvalue weighted by molar-refractivity contribution is -0.137. The van der Waals surface area contributed by atoms with E-state index < -0.39 is 23.9 Å². The number of rotatable bonds is 2. The van der Waals surface area contributed by atoms with Crippen LogP contribution in [0.25, 0.3) is 0 Å². The van der Waals surface area contributed by atoms with Crippen molar-refractivity contribution < 1.29 is 26.7 Å². The predicted molar refractivity (Wildman–Crippen MR) is 46.5 cm³/mol. The lowest BCUT2D eigenvalue weighted by atomic mass is 10.0. The van der Waals surface area contributed by atoms with Gasteiger partial charge in [0.25, 0.3) is 0 Å². The number of benzene rings is 1. The van der Waals surface area contributed by atoms with Gasteiger partial charge in [0.05, 0.1) is 5.56 Å². The number of carbonyl (C=O) groups is 1. The third-order valence-corrected chi connectivity index (χ3v) is 2.02. The fourth-order valence-corrected chi connectivity index (χ4v) is 1.23.